The summed E-state index contributed by atoms with van der Waals surface area (Å²) in [5.41, 5.74) is 0.844. The van der Waals surface area contributed by atoms with Crippen molar-refractivity contribution >= 4 is 16.8 Å². The standard InChI is InChI=1S/C10H12ClNO3/c11-10(13)9-8(1-4-15-9)7-12-2-5-14-6-3-12/h1,4H,2-3,5-7H2. The first-order valence-electron chi connectivity index (χ1n) is 4.83. The van der Waals surface area contributed by atoms with Gasteiger partial charge in [-0.2, -0.15) is 0 Å². The van der Waals surface area contributed by atoms with Crippen LogP contribution >= 0.6 is 11.6 Å². The Hall–Kier alpha value is -0.840. The molecule has 1 aliphatic rings. The third-order valence-electron chi connectivity index (χ3n) is 2.42. The maximum Gasteiger partial charge on any atom is 0.288 e. The van der Waals surface area contributed by atoms with E-state index in [1.54, 1.807) is 6.07 Å². The van der Waals surface area contributed by atoms with Crippen molar-refractivity contribution in [2.24, 2.45) is 0 Å². The summed E-state index contributed by atoms with van der Waals surface area (Å²) in [6.45, 7) is 3.92. The summed E-state index contributed by atoms with van der Waals surface area (Å²) in [6, 6.07) is 1.78. The van der Waals surface area contributed by atoms with Gasteiger partial charge < -0.3 is 9.15 Å². The zero-order valence-corrected chi connectivity index (χ0v) is 9.00. The number of carbonyl (C=O) groups excluding carboxylic acids is 1. The molecule has 0 N–H and O–H groups in total. The van der Waals surface area contributed by atoms with Crippen molar-refractivity contribution in [3.63, 3.8) is 0 Å². The molecule has 1 aromatic heterocycles. The molecule has 0 atom stereocenters. The van der Waals surface area contributed by atoms with E-state index in [0.29, 0.717) is 6.54 Å². The van der Waals surface area contributed by atoms with Crippen LogP contribution < -0.4 is 0 Å². The smallest absolute Gasteiger partial charge is 0.288 e. The molecular weight excluding hydrogens is 218 g/mol. The van der Waals surface area contributed by atoms with Crippen LogP contribution in [0, 0.1) is 0 Å². The van der Waals surface area contributed by atoms with Crippen molar-refractivity contribution in [1.82, 2.24) is 4.90 Å². The molecule has 0 aliphatic carbocycles. The highest BCUT2D eigenvalue weighted by molar-refractivity contribution is 6.67. The summed E-state index contributed by atoms with van der Waals surface area (Å²) in [6.07, 6.45) is 1.49. The van der Waals surface area contributed by atoms with Crippen molar-refractivity contribution in [1.29, 1.82) is 0 Å². The van der Waals surface area contributed by atoms with E-state index >= 15 is 0 Å². The van der Waals surface area contributed by atoms with Crippen LogP contribution in [0.15, 0.2) is 16.7 Å². The van der Waals surface area contributed by atoms with Gasteiger partial charge in [-0.15, -0.1) is 0 Å². The molecule has 15 heavy (non-hydrogen) atoms. The molecule has 2 rings (SSSR count). The van der Waals surface area contributed by atoms with Gasteiger partial charge in [-0.25, -0.2) is 0 Å². The van der Waals surface area contributed by atoms with Crippen LogP contribution in [0.3, 0.4) is 0 Å². The Morgan fingerprint density at radius 1 is 1.47 bits per heavy atom. The van der Waals surface area contributed by atoms with E-state index in [2.05, 4.69) is 4.90 Å². The number of nitrogens with zero attached hydrogens (tertiary/aromatic N) is 1. The van der Waals surface area contributed by atoms with Gasteiger partial charge in [-0.05, 0) is 17.7 Å². The van der Waals surface area contributed by atoms with Gasteiger partial charge in [0.2, 0.25) is 0 Å². The summed E-state index contributed by atoms with van der Waals surface area (Å²) < 4.78 is 10.3. The maximum atomic E-state index is 11.0. The van der Waals surface area contributed by atoms with Gasteiger partial charge >= 0.3 is 0 Å². The molecule has 2 heterocycles. The number of ether oxygens (including phenoxy) is 1. The molecule has 1 fully saturated rings. The predicted octanol–water partition coefficient (Wildman–Crippen LogP) is 1.49. The van der Waals surface area contributed by atoms with Crippen molar-refractivity contribution in [2.75, 3.05) is 26.3 Å². The number of morpholine rings is 1. The molecule has 0 amide bonds. The highest BCUT2D eigenvalue weighted by atomic mass is 35.5. The van der Waals surface area contributed by atoms with Gasteiger partial charge in [0, 0.05) is 25.2 Å². The number of rotatable bonds is 3. The molecule has 0 bridgehead atoms. The van der Waals surface area contributed by atoms with Gasteiger partial charge in [-0.3, -0.25) is 9.69 Å². The fourth-order valence-corrected chi connectivity index (χ4v) is 1.80. The Morgan fingerprint density at radius 3 is 2.87 bits per heavy atom. The summed E-state index contributed by atoms with van der Waals surface area (Å²) in [7, 11) is 0. The quantitative estimate of drug-likeness (QED) is 0.737. The van der Waals surface area contributed by atoms with E-state index in [0.717, 1.165) is 31.9 Å². The van der Waals surface area contributed by atoms with E-state index in [-0.39, 0.29) is 5.76 Å². The zero-order chi connectivity index (χ0) is 10.7. The lowest BCUT2D eigenvalue weighted by molar-refractivity contribution is 0.0340. The normalized spacial score (nSPS) is 17.9. The number of halogens is 1. The van der Waals surface area contributed by atoms with Crippen molar-refractivity contribution in [2.45, 2.75) is 6.54 Å². The lowest BCUT2D eigenvalue weighted by atomic mass is 10.2. The summed E-state index contributed by atoms with van der Waals surface area (Å²) in [5.74, 6) is 0.253. The first kappa shape index (κ1) is 10.7. The predicted molar refractivity (Wildman–Crippen MR) is 55.0 cm³/mol. The maximum absolute atomic E-state index is 11.0. The molecule has 4 nitrogen and oxygen atoms in total. The van der Waals surface area contributed by atoms with E-state index < -0.39 is 5.24 Å². The Kier molecular flexibility index (Phi) is 3.41. The SMILES string of the molecule is O=C(Cl)c1occc1CN1CCOCC1. The van der Waals surface area contributed by atoms with Gasteiger partial charge in [0.05, 0.1) is 19.5 Å². The molecule has 1 saturated heterocycles. The second-order valence-corrected chi connectivity index (χ2v) is 3.78. The Labute approximate surface area is 92.7 Å². The van der Waals surface area contributed by atoms with Crippen molar-refractivity contribution < 1.29 is 13.9 Å². The first-order chi connectivity index (χ1) is 7.27. The molecule has 1 aliphatic heterocycles. The van der Waals surface area contributed by atoms with Crippen LogP contribution in [0.4, 0.5) is 0 Å². The number of carbonyl (C=O) groups is 1. The minimum atomic E-state index is -0.539. The third kappa shape index (κ3) is 2.59. The average Bonchev–Trinajstić information content (AvgIpc) is 2.67. The number of hydrogen-bond acceptors (Lipinski definition) is 4. The highest BCUT2D eigenvalue weighted by Gasteiger charge is 2.17. The lowest BCUT2D eigenvalue weighted by Crippen LogP contribution is -2.35. The van der Waals surface area contributed by atoms with Crippen LogP contribution in [0.1, 0.15) is 16.1 Å². The zero-order valence-electron chi connectivity index (χ0n) is 8.24. The fraction of sp³-hybridized carbons (Fsp3) is 0.500. The van der Waals surface area contributed by atoms with E-state index in [4.69, 9.17) is 20.8 Å². The molecular formula is C10H12ClNO3. The van der Waals surface area contributed by atoms with Gasteiger partial charge in [0.25, 0.3) is 5.24 Å². The van der Waals surface area contributed by atoms with Crippen molar-refractivity contribution in [3.05, 3.63) is 23.7 Å². The molecule has 5 heteroatoms. The fourth-order valence-electron chi connectivity index (χ4n) is 1.63. The number of furan rings is 1. The van der Waals surface area contributed by atoms with Crippen LogP contribution in [0.2, 0.25) is 0 Å². The number of hydrogen-bond donors (Lipinski definition) is 0. The average molecular weight is 230 g/mol. The topological polar surface area (TPSA) is 42.7 Å². The summed E-state index contributed by atoms with van der Waals surface area (Å²) in [5, 5.41) is -0.539. The molecule has 82 valence electrons. The van der Waals surface area contributed by atoms with E-state index in [9.17, 15) is 4.79 Å². The molecule has 0 radical (unpaired) electrons. The van der Waals surface area contributed by atoms with Crippen LogP contribution in [-0.2, 0) is 11.3 Å². The second kappa shape index (κ2) is 4.79. The van der Waals surface area contributed by atoms with E-state index in [1.165, 1.54) is 6.26 Å². The minimum Gasteiger partial charge on any atom is -0.460 e. The highest BCUT2D eigenvalue weighted by Crippen LogP contribution is 2.16. The summed E-state index contributed by atoms with van der Waals surface area (Å²) >= 11 is 5.39. The second-order valence-electron chi connectivity index (χ2n) is 3.44. The first-order valence-corrected chi connectivity index (χ1v) is 5.21. The Balaban J connectivity index is 2.03. The lowest BCUT2D eigenvalue weighted by Gasteiger charge is -2.26. The molecule has 0 aromatic carbocycles. The Morgan fingerprint density at radius 2 is 2.20 bits per heavy atom. The van der Waals surface area contributed by atoms with Crippen LogP contribution in [0.5, 0.6) is 0 Å². The largest absolute Gasteiger partial charge is 0.460 e. The monoisotopic (exact) mass is 229 g/mol. The van der Waals surface area contributed by atoms with Gasteiger partial charge in [0.1, 0.15) is 0 Å². The van der Waals surface area contributed by atoms with Gasteiger partial charge in [0.15, 0.2) is 5.76 Å². The van der Waals surface area contributed by atoms with Crippen molar-refractivity contribution in [3.8, 4) is 0 Å². The Bertz CT molecular complexity index is 344. The van der Waals surface area contributed by atoms with Crippen LogP contribution in [-0.4, -0.2) is 36.4 Å². The van der Waals surface area contributed by atoms with Gasteiger partial charge in [-0.1, -0.05) is 0 Å². The molecule has 0 spiro atoms. The molecule has 0 saturated carbocycles. The molecule has 1 aromatic rings. The van der Waals surface area contributed by atoms with Crippen LogP contribution in [0.25, 0.3) is 0 Å². The summed E-state index contributed by atoms with van der Waals surface area (Å²) in [4.78, 5) is 13.2. The third-order valence-corrected chi connectivity index (χ3v) is 2.59. The van der Waals surface area contributed by atoms with E-state index in [1.807, 2.05) is 0 Å². The minimum absolute atomic E-state index is 0.253. The molecule has 0 unspecified atom stereocenters.